The standard InChI is InChI=1S/C23H23FN2O3S/c1-17-8-10-19(11-9-17)18(2)25-23(27)16-26(21-14-12-20(24)13-15-21)30(28,29)22-6-4-3-5-7-22/h3-15,18H,16H2,1-2H3,(H,25,27). The molecule has 3 rings (SSSR count). The zero-order valence-corrected chi connectivity index (χ0v) is 17.6. The number of halogens is 1. The van der Waals surface area contributed by atoms with Gasteiger partial charge < -0.3 is 5.32 Å². The molecule has 0 aliphatic heterocycles. The first kappa shape index (κ1) is 21.5. The number of rotatable bonds is 7. The number of nitrogens with zero attached hydrogens (tertiary/aromatic N) is 1. The van der Waals surface area contributed by atoms with Gasteiger partial charge in [0.05, 0.1) is 16.6 Å². The summed E-state index contributed by atoms with van der Waals surface area (Å²) in [6.45, 7) is 3.37. The molecule has 30 heavy (non-hydrogen) atoms. The van der Waals surface area contributed by atoms with E-state index in [0.29, 0.717) is 0 Å². The Morgan fingerprint density at radius 3 is 2.17 bits per heavy atom. The lowest BCUT2D eigenvalue weighted by Gasteiger charge is -2.25. The van der Waals surface area contributed by atoms with Crippen LogP contribution in [0.1, 0.15) is 24.1 Å². The van der Waals surface area contributed by atoms with Crippen molar-refractivity contribution in [2.45, 2.75) is 24.8 Å². The Morgan fingerprint density at radius 1 is 0.967 bits per heavy atom. The number of anilines is 1. The number of hydrogen-bond acceptors (Lipinski definition) is 3. The molecule has 1 unspecified atom stereocenters. The zero-order chi connectivity index (χ0) is 21.7. The van der Waals surface area contributed by atoms with E-state index in [9.17, 15) is 17.6 Å². The summed E-state index contributed by atoms with van der Waals surface area (Å²) in [6, 6.07) is 20.3. The van der Waals surface area contributed by atoms with Gasteiger partial charge in [-0.1, -0.05) is 48.0 Å². The summed E-state index contributed by atoms with van der Waals surface area (Å²) in [5.41, 5.74) is 2.22. The minimum absolute atomic E-state index is 0.0497. The summed E-state index contributed by atoms with van der Waals surface area (Å²) in [4.78, 5) is 12.8. The van der Waals surface area contributed by atoms with Gasteiger partial charge in [0.25, 0.3) is 10.0 Å². The quantitative estimate of drug-likeness (QED) is 0.616. The molecule has 156 valence electrons. The van der Waals surface area contributed by atoms with Gasteiger partial charge in [0.2, 0.25) is 5.91 Å². The van der Waals surface area contributed by atoms with Crippen LogP contribution < -0.4 is 9.62 Å². The van der Waals surface area contributed by atoms with E-state index in [0.717, 1.165) is 27.6 Å². The average Bonchev–Trinajstić information content (AvgIpc) is 2.74. The number of aryl methyl sites for hydroxylation is 1. The first-order chi connectivity index (χ1) is 14.3. The van der Waals surface area contributed by atoms with Crippen LogP contribution in [-0.4, -0.2) is 20.9 Å². The number of carbonyl (C=O) groups is 1. The lowest BCUT2D eigenvalue weighted by Crippen LogP contribution is -2.41. The maximum atomic E-state index is 13.4. The first-order valence-electron chi connectivity index (χ1n) is 9.46. The molecule has 0 saturated heterocycles. The highest BCUT2D eigenvalue weighted by Crippen LogP contribution is 2.24. The molecule has 7 heteroatoms. The van der Waals surface area contributed by atoms with E-state index in [1.807, 2.05) is 38.1 Å². The molecule has 1 N–H and O–H groups in total. The molecule has 0 aromatic heterocycles. The van der Waals surface area contributed by atoms with Crippen molar-refractivity contribution in [2.75, 3.05) is 10.8 Å². The van der Waals surface area contributed by atoms with Crippen LogP contribution in [0.5, 0.6) is 0 Å². The maximum absolute atomic E-state index is 13.4. The summed E-state index contributed by atoms with van der Waals surface area (Å²) in [6.07, 6.45) is 0. The number of sulfonamides is 1. The molecule has 3 aromatic carbocycles. The average molecular weight is 427 g/mol. The smallest absolute Gasteiger partial charge is 0.264 e. The predicted octanol–water partition coefficient (Wildman–Crippen LogP) is 4.21. The maximum Gasteiger partial charge on any atom is 0.264 e. The van der Waals surface area contributed by atoms with E-state index in [1.54, 1.807) is 18.2 Å². The van der Waals surface area contributed by atoms with Crippen molar-refractivity contribution in [3.05, 3.63) is 95.8 Å². The molecule has 0 radical (unpaired) electrons. The van der Waals surface area contributed by atoms with Crippen LogP contribution >= 0.6 is 0 Å². The molecular formula is C23H23FN2O3S. The molecule has 0 bridgehead atoms. The van der Waals surface area contributed by atoms with Crippen molar-refractivity contribution in [3.8, 4) is 0 Å². The third-order valence-electron chi connectivity index (χ3n) is 4.69. The van der Waals surface area contributed by atoms with Crippen molar-refractivity contribution in [3.63, 3.8) is 0 Å². The molecule has 1 amide bonds. The molecule has 0 heterocycles. The largest absolute Gasteiger partial charge is 0.348 e. The Balaban J connectivity index is 1.86. The van der Waals surface area contributed by atoms with Crippen molar-refractivity contribution in [2.24, 2.45) is 0 Å². The van der Waals surface area contributed by atoms with Crippen molar-refractivity contribution in [1.29, 1.82) is 0 Å². The molecule has 0 aliphatic carbocycles. The summed E-state index contributed by atoms with van der Waals surface area (Å²) in [5, 5.41) is 2.83. The Labute approximate surface area is 176 Å². The Hall–Kier alpha value is -3.19. The Morgan fingerprint density at radius 2 is 1.57 bits per heavy atom. The monoisotopic (exact) mass is 426 g/mol. The van der Waals surface area contributed by atoms with Gasteiger partial charge in [0, 0.05) is 0 Å². The lowest BCUT2D eigenvalue weighted by molar-refractivity contribution is -0.120. The van der Waals surface area contributed by atoms with Crippen LogP contribution in [0, 0.1) is 12.7 Å². The number of amides is 1. The fourth-order valence-corrected chi connectivity index (χ4v) is 4.44. The second kappa shape index (κ2) is 9.09. The molecule has 1 atom stereocenters. The predicted molar refractivity (Wildman–Crippen MR) is 115 cm³/mol. The number of benzene rings is 3. The molecule has 0 fully saturated rings. The SMILES string of the molecule is Cc1ccc(C(C)NC(=O)CN(c2ccc(F)cc2)S(=O)(=O)c2ccccc2)cc1. The van der Waals surface area contributed by atoms with Gasteiger partial charge in [-0.25, -0.2) is 12.8 Å². The minimum Gasteiger partial charge on any atom is -0.348 e. The van der Waals surface area contributed by atoms with Crippen LogP contribution in [0.2, 0.25) is 0 Å². The number of carbonyl (C=O) groups excluding carboxylic acids is 1. The van der Waals surface area contributed by atoms with Gasteiger partial charge in [-0.2, -0.15) is 0 Å². The summed E-state index contributed by atoms with van der Waals surface area (Å²) >= 11 is 0. The highest BCUT2D eigenvalue weighted by atomic mass is 32.2. The normalized spacial score (nSPS) is 12.2. The Kier molecular flexibility index (Phi) is 6.52. The summed E-state index contributed by atoms with van der Waals surface area (Å²) in [5.74, 6) is -0.958. The highest BCUT2D eigenvalue weighted by Gasteiger charge is 2.27. The summed E-state index contributed by atoms with van der Waals surface area (Å²) in [7, 11) is -4.02. The second-order valence-corrected chi connectivity index (χ2v) is 8.86. The third kappa shape index (κ3) is 5.04. The van der Waals surface area contributed by atoms with Crippen LogP contribution in [0.25, 0.3) is 0 Å². The summed E-state index contributed by atoms with van der Waals surface area (Å²) < 4.78 is 40.8. The fraction of sp³-hybridized carbons (Fsp3) is 0.174. The third-order valence-corrected chi connectivity index (χ3v) is 6.48. The highest BCUT2D eigenvalue weighted by molar-refractivity contribution is 7.92. The van der Waals surface area contributed by atoms with Crippen molar-refractivity contribution < 1.29 is 17.6 Å². The number of nitrogens with one attached hydrogen (secondary N) is 1. The van der Waals surface area contributed by atoms with E-state index in [4.69, 9.17) is 0 Å². The molecule has 0 saturated carbocycles. The van der Waals surface area contributed by atoms with E-state index >= 15 is 0 Å². The van der Waals surface area contributed by atoms with Crippen LogP contribution in [0.15, 0.2) is 83.8 Å². The van der Waals surface area contributed by atoms with Gasteiger partial charge in [0.1, 0.15) is 12.4 Å². The van der Waals surface area contributed by atoms with Crippen LogP contribution in [-0.2, 0) is 14.8 Å². The fourth-order valence-electron chi connectivity index (χ4n) is 3.00. The van der Waals surface area contributed by atoms with E-state index < -0.39 is 28.3 Å². The topological polar surface area (TPSA) is 66.5 Å². The van der Waals surface area contributed by atoms with Gasteiger partial charge in [0.15, 0.2) is 0 Å². The second-order valence-electron chi connectivity index (χ2n) is 7.00. The van der Waals surface area contributed by atoms with Gasteiger partial charge in [-0.05, 0) is 55.8 Å². The Bertz CT molecular complexity index is 1100. The van der Waals surface area contributed by atoms with E-state index in [2.05, 4.69) is 5.32 Å². The zero-order valence-electron chi connectivity index (χ0n) is 16.7. The van der Waals surface area contributed by atoms with Crippen LogP contribution in [0.4, 0.5) is 10.1 Å². The lowest BCUT2D eigenvalue weighted by atomic mass is 10.1. The van der Waals surface area contributed by atoms with Crippen molar-refractivity contribution >= 4 is 21.6 Å². The molecule has 0 spiro atoms. The minimum atomic E-state index is -4.02. The first-order valence-corrected chi connectivity index (χ1v) is 10.9. The van der Waals surface area contributed by atoms with Gasteiger partial charge in [-0.3, -0.25) is 9.10 Å². The molecule has 0 aliphatic rings. The van der Waals surface area contributed by atoms with E-state index in [-0.39, 0.29) is 16.6 Å². The molecule has 5 nitrogen and oxygen atoms in total. The molecular weight excluding hydrogens is 403 g/mol. The molecule has 3 aromatic rings. The van der Waals surface area contributed by atoms with Crippen LogP contribution in [0.3, 0.4) is 0 Å². The van der Waals surface area contributed by atoms with E-state index in [1.165, 1.54) is 24.3 Å². The van der Waals surface area contributed by atoms with Crippen molar-refractivity contribution in [1.82, 2.24) is 5.32 Å². The van der Waals surface area contributed by atoms with Gasteiger partial charge >= 0.3 is 0 Å². The number of hydrogen-bond donors (Lipinski definition) is 1. The van der Waals surface area contributed by atoms with Gasteiger partial charge in [-0.15, -0.1) is 0 Å².